The standard InChI is InChI=1S/C22H36O3/c1-2-3-4-5-11-14-17-20-21(25-20)18-15-12-9-7-6-8-10-13-16-19-22(23)24/h6-7,11-12,14-15,20-21H,2-5,8-10,13,16-19H2,1H3,(H,23,24)/b7-6-,14-11-,15-12-/t20-,21+/m1/s1. The van der Waals surface area contributed by atoms with Crippen LogP contribution in [0.3, 0.4) is 0 Å². The van der Waals surface area contributed by atoms with Crippen LogP contribution in [0.4, 0.5) is 0 Å². The number of allylic oxidation sites excluding steroid dienone is 4. The summed E-state index contributed by atoms with van der Waals surface area (Å²) in [6.07, 6.45) is 26.7. The summed E-state index contributed by atoms with van der Waals surface area (Å²) in [5.74, 6) is -0.689. The first-order chi connectivity index (χ1) is 12.2. The molecule has 0 aromatic rings. The Balaban J connectivity index is 1.89. The van der Waals surface area contributed by atoms with Crippen LogP contribution >= 0.6 is 0 Å². The van der Waals surface area contributed by atoms with Crippen molar-refractivity contribution in [1.29, 1.82) is 0 Å². The number of ether oxygens (including phenoxy) is 1. The summed E-state index contributed by atoms with van der Waals surface area (Å²) in [5, 5.41) is 8.54. The normalized spacial score (nSPS) is 20.2. The molecule has 1 aliphatic heterocycles. The fourth-order valence-corrected chi connectivity index (χ4v) is 2.79. The third kappa shape index (κ3) is 13.6. The molecule has 0 bridgehead atoms. The Kier molecular flexibility index (Phi) is 13.0. The SMILES string of the molecule is CCCCC/C=C\C[C@H]1O[C@H]1C/C=C\C/C=C\CCCCCC(=O)O. The highest BCUT2D eigenvalue weighted by Gasteiger charge is 2.35. The van der Waals surface area contributed by atoms with Gasteiger partial charge in [-0.25, -0.2) is 0 Å². The van der Waals surface area contributed by atoms with Gasteiger partial charge in [0.25, 0.3) is 0 Å². The third-order valence-corrected chi connectivity index (χ3v) is 4.43. The molecule has 0 saturated carbocycles. The first-order valence-electron chi connectivity index (χ1n) is 10.1. The van der Waals surface area contributed by atoms with Gasteiger partial charge in [0, 0.05) is 6.42 Å². The Morgan fingerprint density at radius 1 is 0.840 bits per heavy atom. The van der Waals surface area contributed by atoms with E-state index >= 15 is 0 Å². The van der Waals surface area contributed by atoms with E-state index in [0.29, 0.717) is 18.6 Å². The lowest BCUT2D eigenvalue weighted by molar-refractivity contribution is -0.137. The molecule has 0 aliphatic carbocycles. The van der Waals surface area contributed by atoms with Crippen molar-refractivity contribution in [3.63, 3.8) is 0 Å². The average Bonchev–Trinajstić information content (AvgIpc) is 3.34. The van der Waals surface area contributed by atoms with Crippen molar-refractivity contribution in [2.75, 3.05) is 0 Å². The second-order valence-corrected chi connectivity index (χ2v) is 6.82. The molecule has 1 heterocycles. The van der Waals surface area contributed by atoms with Crippen LogP contribution < -0.4 is 0 Å². The van der Waals surface area contributed by atoms with Gasteiger partial charge in [-0.3, -0.25) is 4.79 Å². The summed E-state index contributed by atoms with van der Waals surface area (Å²) in [6, 6.07) is 0. The van der Waals surface area contributed by atoms with Gasteiger partial charge in [-0.05, 0) is 51.4 Å². The van der Waals surface area contributed by atoms with Crippen LogP contribution in [0.1, 0.15) is 84.0 Å². The van der Waals surface area contributed by atoms with Crippen LogP contribution in [0.15, 0.2) is 36.5 Å². The molecule has 3 nitrogen and oxygen atoms in total. The minimum Gasteiger partial charge on any atom is -0.481 e. The van der Waals surface area contributed by atoms with Crippen LogP contribution in [0, 0.1) is 0 Å². The third-order valence-electron chi connectivity index (χ3n) is 4.43. The molecule has 2 atom stereocenters. The van der Waals surface area contributed by atoms with E-state index in [0.717, 1.165) is 44.9 Å². The van der Waals surface area contributed by atoms with Gasteiger partial charge in [0.1, 0.15) is 0 Å². The molecule has 0 radical (unpaired) electrons. The number of carboxylic acid groups (broad SMARTS) is 1. The molecule has 0 aromatic heterocycles. The largest absolute Gasteiger partial charge is 0.481 e. The first kappa shape index (κ1) is 21.7. The molecule has 0 aromatic carbocycles. The summed E-state index contributed by atoms with van der Waals surface area (Å²) in [6.45, 7) is 2.24. The lowest BCUT2D eigenvalue weighted by Crippen LogP contribution is -1.93. The van der Waals surface area contributed by atoms with Crippen molar-refractivity contribution in [3.8, 4) is 0 Å². The van der Waals surface area contributed by atoms with Gasteiger partial charge < -0.3 is 9.84 Å². The van der Waals surface area contributed by atoms with E-state index in [1.54, 1.807) is 0 Å². The number of hydrogen-bond donors (Lipinski definition) is 1. The number of epoxide rings is 1. The lowest BCUT2D eigenvalue weighted by atomic mass is 10.1. The molecule has 1 rings (SSSR count). The van der Waals surface area contributed by atoms with Gasteiger partial charge in [-0.1, -0.05) is 62.6 Å². The maximum atomic E-state index is 10.4. The van der Waals surface area contributed by atoms with Gasteiger partial charge in [-0.15, -0.1) is 0 Å². The van der Waals surface area contributed by atoms with E-state index in [1.807, 2.05) is 0 Å². The Bertz CT molecular complexity index is 423. The number of aliphatic carboxylic acids is 1. The molecule has 1 fully saturated rings. The topological polar surface area (TPSA) is 49.8 Å². The first-order valence-corrected chi connectivity index (χ1v) is 10.1. The number of carboxylic acids is 1. The molecule has 142 valence electrons. The Labute approximate surface area is 153 Å². The molecule has 1 aliphatic rings. The van der Waals surface area contributed by atoms with Crippen LogP contribution in [0.2, 0.25) is 0 Å². The van der Waals surface area contributed by atoms with E-state index < -0.39 is 5.97 Å². The number of carbonyl (C=O) groups is 1. The average molecular weight is 349 g/mol. The fourth-order valence-electron chi connectivity index (χ4n) is 2.79. The molecule has 1 N–H and O–H groups in total. The van der Waals surface area contributed by atoms with Crippen LogP contribution in [0.25, 0.3) is 0 Å². The molecule has 25 heavy (non-hydrogen) atoms. The summed E-state index contributed by atoms with van der Waals surface area (Å²) < 4.78 is 5.68. The second kappa shape index (κ2) is 14.9. The molecule has 1 saturated heterocycles. The maximum absolute atomic E-state index is 10.4. The monoisotopic (exact) mass is 348 g/mol. The van der Waals surface area contributed by atoms with Gasteiger partial charge in [0.2, 0.25) is 0 Å². The number of unbranched alkanes of at least 4 members (excludes halogenated alkanes) is 6. The van der Waals surface area contributed by atoms with Crippen molar-refractivity contribution in [3.05, 3.63) is 36.5 Å². The van der Waals surface area contributed by atoms with E-state index in [4.69, 9.17) is 9.84 Å². The van der Waals surface area contributed by atoms with Gasteiger partial charge >= 0.3 is 5.97 Å². The van der Waals surface area contributed by atoms with E-state index in [-0.39, 0.29) is 0 Å². The summed E-state index contributed by atoms with van der Waals surface area (Å²) in [4.78, 5) is 10.4. The van der Waals surface area contributed by atoms with Crippen molar-refractivity contribution < 1.29 is 14.6 Å². The molecule has 0 amide bonds. The van der Waals surface area contributed by atoms with Gasteiger partial charge in [-0.2, -0.15) is 0 Å². The Morgan fingerprint density at radius 3 is 2.12 bits per heavy atom. The summed E-state index contributed by atoms with van der Waals surface area (Å²) in [7, 11) is 0. The number of hydrogen-bond acceptors (Lipinski definition) is 2. The second-order valence-electron chi connectivity index (χ2n) is 6.82. The van der Waals surface area contributed by atoms with Crippen molar-refractivity contribution in [2.24, 2.45) is 0 Å². The number of rotatable bonds is 16. The molecule has 0 unspecified atom stereocenters. The molecular formula is C22H36O3. The van der Waals surface area contributed by atoms with Gasteiger partial charge in [0.05, 0.1) is 12.2 Å². The predicted molar refractivity (Wildman–Crippen MR) is 105 cm³/mol. The quantitative estimate of drug-likeness (QED) is 0.205. The zero-order valence-electron chi connectivity index (χ0n) is 15.9. The van der Waals surface area contributed by atoms with E-state index in [9.17, 15) is 4.79 Å². The van der Waals surface area contributed by atoms with Crippen molar-refractivity contribution in [2.45, 2.75) is 96.2 Å². The summed E-state index contributed by atoms with van der Waals surface area (Å²) >= 11 is 0. The van der Waals surface area contributed by atoms with E-state index in [2.05, 4.69) is 43.4 Å². The zero-order chi connectivity index (χ0) is 18.2. The van der Waals surface area contributed by atoms with E-state index in [1.165, 1.54) is 25.7 Å². The Morgan fingerprint density at radius 2 is 1.44 bits per heavy atom. The van der Waals surface area contributed by atoms with Gasteiger partial charge in [0.15, 0.2) is 0 Å². The van der Waals surface area contributed by atoms with Crippen molar-refractivity contribution in [1.82, 2.24) is 0 Å². The smallest absolute Gasteiger partial charge is 0.303 e. The van der Waals surface area contributed by atoms with Crippen molar-refractivity contribution >= 4 is 5.97 Å². The minimum absolute atomic E-state index is 0.297. The zero-order valence-corrected chi connectivity index (χ0v) is 15.9. The highest BCUT2D eigenvalue weighted by molar-refractivity contribution is 5.66. The highest BCUT2D eigenvalue weighted by atomic mass is 16.6. The summed E-state index contributed by atoms with van der Waals surface area (Å²) in [5.41, 5.74) is 0. The minimum atomic E-state index is -0.689. The molecule has 0 spiro atoms. The Hall–Kier alpha value is -1.35. The van der Waals surface area contributed by atoms with Crippen LogP contribution in [0.5, 0.6) is 0 Å². The molecule has 3 heteroatoms. The predicted octanol–water partition coefficient (Wildman–Crippen LogP) is 6.21. The highest BCUT2D eigenvalue weighted by Crippen LogP contribution is 2.29. The fraction of sp³-hybridized carbons (Fsp3) is 0.682. The van der Waals surface area contributed by atoms with Crippen LogP contribution in [-0.2, 0) is 9.53 Å². The van der Waals surface area contributed by atoms with Crippen LogP contribution in [-0.4, -0.2) is 23.3 Å². The lowest BCUT2D eigenvalue weighted by Gasteiger charge is -1.94. The maximum Gasteiger partial charge on any atom is 0.303 e. The molecular weight excluding hydrogens is 312 g/mol.